The molecule has 7 heteroatoms. The Hall–Kier alpha value is -0.590. The van der Waals surface area contributed by atoms with Crippen LogP contribution in [-0.4, -0.2) is 61.5 Å². The zero-order valence-electron chi connectivity index (χ0n) is 15.3. The summed E-state index contributed by atoms with van der Waals surface area (Å²) in [4.78, 5) is 4.55. The number of benzene rings is 1. The summed E-state index contributed by atoms with van der Waals surface area (Å²) in [6.45, 7) is 6.96. The van der Waals surface area contributed by atoms with Crippen molar-refractivity contribution < 1.29 is 14.2 Å². The van der Waals surface area contributed by atoms with Gasteiger partial charge in [0.2, 0.25) is 0 Å². The molecule has 3 unspecified atom stereocenters. The molecule has 0 radical (unpaired) electrons. The minimum absolute atomic E-state index is 0. The fraction of sp³-hybridized carbons (Fsp3) is 0.684. The average molecular weight is 409 g/mol. The van der Waals surface area contributed by atoms with Crippen LogP contribution in [-0.2, 0) is 4.74 Å². The molecule has 150 valence electrons. The van der Waals surface area contributed by atoms with Crippen LogP contribution in [0.25, 0.3) is 0 Å². The van der Waals surface area contributed by atoms with Crippen molar-refractivity contribution >= 4 is 30.5 Å². The Kier molecular flexibility index (Phi) is 10.2. The highest BCUT2D eigenvalue weighted by atomic mass is 35.5. The van der Waals surface area contributed by atoms with Gasteiger partial charge in [-0.3, -0.25) is 4.90 Å². The maximum absolute atomic E-state index is 13.0. The van der Waals surface area contributed by atoms with E-state index in [9.17, 15) is 9.50 Å². The summed E-state index contributed by atoms with van der Waals surface area (Å²) < 4.78 is 18.9. The molecule has 0 amide bonds. The van der Waals surface area contributed by atoms with Crippen molar-refractivity contribution in [2.75, 3.05) is 44.2 Å². The van der Waals surface area contributed by atoms with Crippen LogP contribution in [0.2, 0.25) is 0 Å². The minimum Gasteiger partial charge on any atom is -0.389 e. The van der Waals surface area contributed by atoms with Gasteiger partial charge in [0, 0.05) is 38.4 Å². The molecule has 1 N–H and O–H groups in total. The monoisotopic (exact) mass is 408 g/mol. The van der Waals surface area contributed by atoms with E-state index in [1.165, 1.54) is 25.0 Å². The van der Waals surface area contributed by atoms with E-state index < -0.39 is 6.10 Å². The van der Waals surface area contributed by atoms with Crippen molar-refractivity contribution in [2.24, 2.45) is 5.92 Å². The summed E-state index contributed by atoms with van der Waals surface area (Å²) in [5.74, 6) is 0.425. The molecular formula is C19H31Cl2FN2O2. The van der Waals surface area contributed by atoms with E-state index in [0.29, 0.717) is 25.2 Å². The predicted octanol–water partition coefficient (Wildman–Crippen LogP) is 3.36. The van der Waals surface area contributed by atoms with E-state index in [2.05, 4.69) is 16.7 Å². The Morgan fingerprint density at radius 2 is 1.77 bits per heavy atom. The summed E-state index contributed by atoms with van der Waals surface area (Å²) in [6, 6.07) is 6.67. The predicted molar refractivity (Wildman–Crippen MR) is 108 cm³/mol. The van der Waals surface area contributed by atoms with E-state index in [1.807, 2.05) is 12.1 Å². The highest BCUT2D eigenvalue weighted by molar-refractivity contribution is 5.85. The molecular weight excluding hydrogens is 378 g/mol. The lowest BCUT2D eigenvalue weighted by Crippen LogP contribution is -2.49. The molecule has 4 nitrogen and oxygen atoms in total. The molecule has 1 heterocycles. The molecule has 1 saturated heterocycles. The Labute approximate surface area is 168 Å². The van der Waals surface area contributed by atoms with E-state index in [4.69, 9.17) is 4.74 Å². The third-order valence-corrected chi connectivity index (χ3v) is 5.32. The lowest BCUT2D eigenvalue weighted by Gasteiger charge is -2.37. The van der Waals surface area contributed by atoms with Gasteiger partial charge in [0.15, 0.2) is 0 Å². The fourth-order valence-electron chi connectivity index (χ4n) is 3.78. The summed E-state index contributed by atoms with van der Waals surface area (Å²) in [5, 5.41) is 10.2. The quantitative estimate of drug-likeness (QED) is 0.782. The first-order valence-corrected chi connectivity index (χ1v) is 9.14. The van der Waals surface area contributed by atoms with Gasteiger partial charge in [-0.25, -0.2) is 4.39 Å². The first-order valence-electron chi connectivity index (χ1n) is 9.14. The second-order valence-corrected chi connectivity index (χ2v) is 7.20. The molecule has 2 aliphatic rings. The van der Waals surface area contributed by atoms with Crippen LogP contribution in [0.1, 0.15) is 26.2 Å². The number of anilines is 1. The molecule has 1 saturated carbocycles. The highest BCUT2D eigenvalue weighted by Crippen LogP contribution is 2.27. The summed E-state index contributed by atoms with van der Waals surface area (Å²) >= 11 is 0. The number of aliphatic hydroxyl groups is 1. The van der Waals surface area contributed by atoms with Crippen molar-refractivity contribution in [1.29, 1.82) is 0 Å². The van der Waals surface area contributed by atoms with E-state index >= 15 is 0 Å². The maximum atomic E-state index is 13.0. The van der Waals surface area contributed by atoms with E-state index in [0.717, 1.165) is 38.3 Å². The third kappa shape index (κ3) is 6.54. The summed E-state index contributed by atoms with van der Waals surface area (Å²) in [6.07, 6.45) is 3.52. The lowest BCUT2D eigenvalue weighted by atomic mass is 10.1. The molecule has 2 fully saturated rings. The molecule has 1 aromatic carbocycles. The summed E-state index contributed by atoms with van der Waals surface area (Å²) in [5.41, 5.74) is 1.06. The van der Waals surface area contributed by atoms with Crippen LogP contribution < -0.4 is 4.90 Å². The molecule has 3 rings (SSSR count). The molecule has 1 aliphatic heterocycles. The standard InChI is InChI=1S/C19H29FN2O2.2ClH/c1-15-3-2-4-19(15)24-14-18(23)13-21-9-11-22(12-10-21)17-7-5-16(20)6-8-17;;/h5-8,15,18-19,23H,2-4,9-14H2,1H3;2*1H. The van der Waals surface area contributed by atoms with Crippen molar-refractivity contribution in [3.63, 3.8) is 0 Å². The Morgan fingerprint density at radius 1 is 1.12 bits per heavy atom. The van der Waals surface area contributed by atoms with Crippen LogP contribution >= 0.6 is 24.8 Å². The largest absolute Gasteiger partial charge is 0.389 e. The number of halogens is 3. The van der Waals surface area contributed by atoms with Crippen molar-refractivity contribution in [3.8, 4) is 0 Å². The van der Waals surface area contributed by atoms with Gasteiger partial charge in [0.1, 0.15) is 5.82 Å². The van der Waals surface area contributed by atoms with Gasteiger partial charge in [-0.05, 0) is 43.0 Å². The van der Waals surface area contributed by atoms with Crippen molar-refractivity contribution in [3.05, 3.63) is 30.1 Å². The van der Waals surface area contributed by atoms with Crippen molar-refractivity contribution in [2.45, 2.75) is 38.4 Å². The first kappa shape index (κ1) is 23.4. The number of β-amino-alcohol motifs (C(OH)–C–C–N with tert-alkyl or cyclic N) is 1. The van der Waals surface area contributed by atoms with Gasteiger partial charge >= 0.3 is 0 Å². The lowest BCUT2D eigenvalue weighted by molar-refractivity contribution is -0.0321. The molecule has 0 aromatic heterocycles. The number of aliphatic hydroxyl groups excluding tert-OH is 1. The van der Waals surface area contributed by atoms with E-state index in [-0.39, 0.29) is 30.6 Å². The van der Waals surface area contributed by atoms with Crippen molar-refractivity contribution in [1.82, 2.24) is 4.90 Å². The fourth-order valence-corrected chi connectivity index (χ4v) is 3.78. The average Bonchev–Trinajstić information content (AvgIpc) is 3.00. The van der Waals surface area contributed by atoms with Crippen LogP contribution in [0, 0.1) is 11.7 Å². The molecule has 26 heavy (non-hydrogen) atoms. The second-order valence-electron chi connectivity index (χ2n) is 7.20. The summed E-state index contributed by atoms with van der Waals surface area (Å²) in [7, 11) is 0. The van der Waals surface area contributed by atoms with Gasteiger partial charge in [-0.15, -0.1) is 24.8 Å². The zero-order valence-corrected chi connectivity index (χ0v) is 17.0. The number of hydrogen-bond acceptors (Lipinski definition) is 4. The highest BCUT2D eigenvalue weighted by Gasteiger charge is 2.25. The van der Waals surface area contributed by atoms with Crippen LogP contribution in [0.3, 0.4) is 0 Å². The number of ether oxygens (including phenoxy) is 1. The van der Waals surface area contributed by atoms with Crippen LogP contribution in [0.4, 0.5) is 10.1 Å². The molecule has 1 aromatic rings. The number of hydrogen-bond donors (Lipinski definition) is 1. The normalized spacial score (nSPS) is 24.7. The molecule has 0 spiro atoms. The maximum Gasteiger partial charge on any atom is 0.123 e. The van der Waals surface area contributed by atoms with Crippen LogP contribution in [0.5, 0.6) is 0 Å². The number of nitrogens with zero attached hydrogens (tertiary/aromatic N) is 2. The third-order valence-electron chi connectivity index (χ3n) is 5.32. The van der Waals surface area contributed by atoms with E-state index in [1.54, 1.807) is 0 Å². The van der Waals surface area contributed by atoms with Gasteiger partial charge in [0.25, 0.3) is 0 Å². The van der Waals surface area contributed by atoms with Gasteiger partial charge in [0.05, 0.1) is 18.8 Å². The number of rotatable bonds is 6. The van der Waals surface area contributed by atoms with Gasteiger partial charge < -0.3 is 14.7 Å². The molecule has 0 bridgehead atoms. The second kappa shape index (κ2) is 11.3. The first-order chi connectivity index (χ1) is 11.6. The Balaban J connectivity index is 0.00000169. The number of piperazine rings is 1. The van der Waals surface area contributed by atoms with Gasteiger partial charge in [-0.2, -0.15) is 0 Å². The van der Waals surface area contributed by atoms with Gasteiger partial charge in [-0.1, -0.05) is 13.3 Å². The molecule has 3 atom stereocenters. The Bertz CT molecular complexity index is 513. The SMILES string of the molecule is CC1CCCC1OCC(O)CN1CCN(c2ccc(F)cc2)CC1.Cl.Cl. The zero-order chi connectivity index (χ0) is 16.9. The topological polar surface area (TPSA) is 35.9 Å². The Morgan fingerprint density at radius 3 is 2.35 bits per heavy atom. The molecule has 1 aliphatic carbocycles. The van der Waals surface area contributed by atoms with Crippen LogP contribution in [0.15, 0.2) is 24.3 Å². The smallest absolute Gasteiger partial charge is 0.123 e. The minimum atomic E-state index is -0.421.